The summed E-state index contributed by atoms with van der Waals surface area (Å²) in [6.45, 7) is 0.942. The van der Waals surface area contributed by atoms with Crippen molar-refractivity contribution in [1.82, 2.24) is 9.62 Å². The lowest BCUT2D eigenvalue weighted by atomic mass is 10.3. The highest BCUT2D eigenvalue weighted by Crippen LogP contribution is 2.18. The quantitative estimate of drug-likeness (QED) is 0.732. The van der Waals surface area contributed by atoms with E-state index in [1.54, 1.807) is 35.6 Å². The Hall–Kier alpha value is -2.10. The van der Waals surface area contributed by atoms with Crippen LogP contribution in [0.1, 0.15) is 4.88 Å². The normalized spacial score (nSPS) is 11.3. The van der Waals surface area contributed by atoms with Crippen molar-refractivity contribution in [2.24, 2.45) is 0 Å². The highest BCUT2D eigenvalue weighted by atomic mass is 32.2. The second-order valence-electron chi connectivity index (χ2n) is 5.36. The van der Waals surface area contributed by atoms with Gasteiger partial charge in [-0.05, 0) is 35.7 Å². The van der Waals surface area contributed by atoms with Crippen LogP contribution in [0.4, 0.5) is 10.5 Å². The monoisotopic (exact) mass is 383 g/mol. The number of carbonyl (C=O) groups is 1. The van der Waals surface area contributed by atoms with E-state index in [1.807, 2.05) is 17.5 Å². The molecule has 1 heterocycles. The molecule has 0 atom stereocenters. The zero-order valence-electron chi connectivity index (χ0n) is 14.1. The first kappa shape index (κ1) is 19.2. The molecule has 0 fully saturated rings. The van der Waals surface area contributed by atoms with Gasteiger partial charge in [-0.1, -0.05) is 6.07 Å². The molecule has 0 saturated carbocycles. The van der Waals surface area contributed by atoms with Gasteiger partial charge in [0.1, 0.15) is 12.4 Å². The second-order valence-corrected chi connectivity index (χ2v) is 8.48. The number of anilines is 1. The van der Waals surface area contributed by atoms with Gasteiger partial charge in [0, 0.05) is 30.7 Å². The van der Waals surface area contributed by atoms with Gasteiger partial charge in [0.25, 0.3) is 0 Å². The zero-order chi connectivity index (χ0) is 18.3. The van der Waals surface area contributed by atoms with Gasteiger partial charge < -0.3 is 15.4 Å². The molecule has 0 saturated heterocycles. The van der Waals surface area contributed by atoms with E-state index in [-0.39, 0.29) is 13.1 Å². The van der Waals surface area contributed by atoms with Crippen LogP contribution in [0.2, 0.25) is 0 Å². The molecule has 0 unspecified atom stereocenters. The summed E-state index contributed by atoms with van der Waals surface area (Å²) in [5.41, 5.74) is 0.623. The summed E-state index contributed by atoms with van der Waals surface area (Å²) in [7, 11) is -1.78. The fraction of sp³-hybridized carbons (Fsp3) is 0.312. The molecule has 25 heavy (non-hydrogen) atoms. The third-order valence-electron chi connectivity index (χ3n) is 3.35. The average molecular weight is 383 g/mol. The highest BCUT2D eigenvalue weighted by Gasteiger charge is 2.10. The predicted octanol–water partition coefficient (Wildman–Crippen LogP) is 2.34. The third-order valence-corrected chi connectivity index (χ3v) is 5.52. The molecular formula is C16H21N3O4S2. The van der Waals surface area contributed by atoms with E-state index in [0.717, 1.165) is 11.1 Å². The maximum Gasteiger partial charge on any atom is 0.319 e. The largest absolute Gasteiger partial charge is 0.488 e. The number of likely N-dealkylation sites (N-methyl/N-ethyl adjacent to an activating group) is 1. The van der Waals surface area contributed by atoms with Gasteiger partial charge in [-0.2, -0.15) is 0 Å². The number of sulfonamides is 1. The number of urea groups is 1. The molecule has 0 aliphatic carbocycles. The Kier molecular flexibility index (Phi) is 6.80. The molecule has 0 bridgehead atoms. The van der Waals surface area contributed by atoms with Crippen molar-refractivity contribution in [2.75, 3.05) is 31.7 Å². The summed E-state index contributed by atoms with van der Waals surface area (Å²) in [5.74, 6) is 0.717. The number of ether oxygens (including phenoxy) is 1. The number of hydrogen-bond acceptors (Lipinski definition) is 5. The number of amides is 2. The first-order valence-corrected chi connectivity index (χ1v) is 10.3. The molecule has 1 aromatic carbocycles. The van der Waals surface area contributed by atoms with Crippen molar-refractivity contribution >= 4 is 33.1 Å². The molecular weight excluding hydrogens is 362 g/mol. The van der Waals surface area contributed by atoms with Crippen LogP contribution in [0.15, 0.2) is 41.8 Å². The summed E-state index contributed by atoms with van der Waals surface area (Å²) < 4.78 is 29.3. The summed E-state index contributed by atoms with van der Waals surface area (Å²) in [5, 5.41) is 7.28. The third kappa shape index (κ3) is 6.73. The summed E-state index contributed by atoms with van der Waals surface area (Å²) in [4.78, 5) is 12.9. The van der Waals surface area contributed by atoms with E-state index in [0.29, 0.717) is 18.0 Å². The molecule has 0 aliphatic heterocycles. The second kappa shape index (κ2) is 8.84. The first-order valence-electron chi connectivity index (χ1n) is 7.56. The SMILES string of the molecule is CN(CCNC(=O)Nc1ccc(OCc2cccs2)cc1)S(C)(=O)=O. The van der Waals surface area contributed by atoms with Gasteiger partial charge >= 0.3 is 6.03 Å². The number of nitrogens with one attached hydrogen (secondary N) is 2. The fourth-order valence-corrected chi connectivity index (χ4v) is 2.89. The summed E-state index contributed by atoms with van der Waals surface area (Å²) in [6, 6.07) is 10.6. The van der Waals surface area contributed by atoms with Crippen LogP contribution in [0.5, 0.6) is 5.75 Å². The Bertz CT molecular complexity index is 774. The van der Waals surface area contributed by atoms with E-state index in [2.05, 4.69) is 10.6 Å². The Labute approximate surface area is 151 Å². The molecule has 7 nitrogen and oxygen atoms in total. The van der Waals surface area contributed by atoms with Crippen molar-refractivity contribution in [2.45, 2.75) is 6.61 Å². The molecule has 0 aliphatic rings. The summed E-state index contributed by atoms with van der Waals surface area (Å²) in [6.07, 6.45) is 1.12. The Morgan fingerprint density at radius 1 is 1.24 bits per heavy atom. The van der Waals surface area contributed by atoms with E-state index in [4.69, 9.17) is 4.74 Å². The molecule has 2 aromatic rings. The number of thiophene rings is 1. The minimum atomic E-state index is -3.24. The van der Waals surface area contributed by atoms with Crippen LogP contribution < -0.4 is 15.4 Å². The zero-order valence-corrected chi connectivity index (χ0v) is 15.7. The van der Waals surface area contributed by atoms with Crippen molar-refractivity contribution in [3.05, 3.63) is 46.7 Å². The van der Waals surface area contributed by atoms with Gasteiger partial charge in [-0.15, -0.1) is 11.3 Å². The highest BCUT2D eigenvalue weighted by molar-refractivity contribution is 7.88. The Morgan fingerprint density at radius 3 is 2.56 bits per heavy atom. The van der Waals surface area contributed by atoms with Crippen molar-refractivity contribution < 1.29 is 17.9 Å². The van der Waals surface area contributed by atoms with E-state index >= 15 is 0 Å². The van der Waals surface area contributed by atoms with Gasteiger partial charge in [-0.3, -0.25) is 0 Å². The lowest BCUT2D eigenvalue weighted by molar-refractivity contribution is 0.251. The minimum absolute atomic E-state index is 0.210. The van der Waals surface area contributed by atoms with Gasteiger partial charge in [0.2, 0.25) is 10.0 Å². The molecule has 0 radical (unpaired) electrons. The minimum Gasteiger partial charge on any atom is -0.488 e. The molecule has 2 rings (SSSR count). The Balaban J connectivity index is 1.73. The van der Waals surface area contributed by atoms with Crippen molar-refractivity contribution in [1.29, 1.82) is 0 Å². The summed E-state index contributed by atoms with van der Waals surface area (Å²) >= 11 is 1.63. The molecule has 1 aromatic heterocycles. The lowest BCUT2D eigenvalue weighted by Gasteiger charge is -2.14. The maximum absolute atomic E-state index is 11.8. The fourth-order valence-electron chi connectivity index (χ4n) is 1.85. The molecule has 0 spiro atoms. The van der Waals surface area contributed by atoms with Crippen molar-refractivity contribution in [3.8, 4) is 5.75 Å². The van der Waals surface area contributed by atoms with E-state index < -0.39 is 16.1 Å². The Morgan fingerprint density at radius 2 is 1.96 bits per heavy atom. The van der Waals surface area contributed by atoms with Gasteiger partial charge in [0.05, 0.1) is 6.26 Å². The number of hydrogen-bond donors (Lipinski definition) is 2. The van der Waals surface area contributed by atoms with Crippen LogP contribution in [0, 0.1) is 0 Å². The average Bonchev–Trinajstić information content (AvgIpc) is 3.06. The van der Waals surface area contributed by atoms with Crippen LogP contribution in [-0.2, 0) is 16.6 Å². The number of carbonyl (C=O) groups excluding carboxylic acids is 1. The topological polar surface area (TPSA) is 87.7 Å². The van der Waals surface area contributed by atoms with E-state index in [9.17, 15) is 13.2 Å². The van der Waals surface area contributed by atoms with Gasteiger partial charge in [0.15, 0.2) is 0 Å². The standard InChI is InChI=1S/C16H21N3O4S2/c1-19(25(2,21)22)10-9-17-16(20)18-13-5-7-14(8-6-13)23-12-15-4-3-11-24-15/h3-8,11H,9-10,12H2,1-2H3,(H2,17,18,20). The van der Waals surface area contributed by atoms with Crippen LogP contribution >= 0.6 is 11.3 Å². The molecule has 136 valence electrons. The smallest absolute Gasteiger partial charge is 0.319 e. The molecule has 2 N–H and O–H groups in total. The lowest BCUT2D eigenvalue weighted by Crippen LogP contribution is -2.37. The predicted molar refractivity (Wildman–Crippen MR) is 99.6 cm³/mol. The van der Waals surface area contributed by atoms with Crippen LogP contribution in [0.3, 0.4) is 0 Å². The molecule has 2 amide bonds. The molecule has 9 heteroatoms. The number of nitrogens with zero attached hydrogens (tertiary/aromatic N) is 1. The maximum atomic E-state index is 11.8. The van der Waals surface area contributed by atoms with Gasteiger partial charge in [-0.25, -0.2) is 17.5 Å². The van der Waals surface area contributed by atoms with E-state index in [1.165, 1.54) is 11.4 Å². The van der Waals surface area contributed by atoms with Crippen molar-refractivity contribution in [3.63, 3.8) is 0 Å². The van der Waals surface area contributed by atoms with Crippen LogP contribution in [-0.4, -0.2) is 45.1 Å². The number of rotatable bonds is 8. The number of benzene rings is 1. The first-order chi connectivity index (χ1) is 11.8. The van der Waals surface area contributed by atoms with Crippen LogP contribution in [0.25, 0.3) is 0 Å².